The van der Waals surface area contributed by atoms with Crippen molar-refractivity contribution in [3.05, 3.63) is 0 Å². The molecule has 1 heterocycles. The summed E-state index contributed by atoms with van der Waals surface area (Å²) in [4.78, 5) is 0. The Balaban J connectivity index is 1.75. The van der Waals surface area contributed by atoms with Crippen LogP contribution in [0.2, 0.25) is 0 Å². The normalized spacial score (nSPS) is 28.6. The van der Waals surface area contributed by atoms with Crippen LogP contribution >= 0.6 is 0 Å². The van der Waals surface area contributed by atoms with Gasteiger partial charge in [-0.1, -0.05) is 19.3 Å². The first-order valence-corrected chi connectivity index (χ1v) is 8.02. The Bertz CT molecular complexity index is 249. The maximum absolute atomic E-state index is 5.89. The van der Waals surface area contributed by atoms with Gasteiger partial charge in [0, 0.05) is 6.42 Å². The molecular weight excluding hydrogens is 240 g/mol. The molecule has 1 saturated heterocycles. The summed E-state index contributed by atoms with van der Waals surface area (Å²) in [7, 11) is 0. The van der Waals surface area contributed by atoms with Crippen LogP contribution in [0, 0.1) is 5.92 Å². The van der Waals surface area contributed by atoms with Gasteiger partial charge in [0.1, 0.15) is 0 Å². The quantitative estimate of drug-likeness (QED) is 0.519. The SMILES string of the molecule is CC(C)OC(CC1OC1C1CCCCC1)OC(C)C. The van der Waals surface area contributed by atoms with Crippen LogP contribution in [0.25, 0.3) is 0 Å². The smallest absolute Gasteiger partial charge is 0.160 e. The van der Waals surface area contributed by atoms with Gasteiger partial charge in [-0.25, -0.2) is 0 Å². The van der Waals surface area contributed by atoms with Crippen LogP contribution in [0.3, 0.4) is 0 Å². The van der Waals surface area contributed by atoms with E-state index in [0.717, 1.165) is 12.3 Å². The molecule has 0 radical (unpaired) electrons. The topological polar surface area (TPSA) is 31.0 Å². The molecule has 0 bridgehead atoms. The summed E-state index contributed by atoms with van der Waals surface area (Å²) in [5.41, 5.74) is 0. The van der Waals surface area contributed by atoms with Crippen molar-refractivity contribution in [3.8, 4) is 0 Å². The fraction of sp³-hybridized carbons (Fsp3) is 1.00. The molecule has 2 unspecified atom stereocenters. The number of hydrogen-bond acceptors (Lipinski definition) is 3. The molecule has 112 valence electrons. The van der Waals surface area contributed by atoms with E-state index < -0.39 is 0 Å². The minimum Gasteiger partial charge on any atom is -0.369 e. The average Bonchev–Trinajstić information content (AvgIpc) is 3.07. The van der Waals surface area contributed by atoms with Crippen molar-refractivity contribution < 1.29 is 14.2 Å². The molecule has 0 amide bonds. The lowest BCUT2D eigenvalue weighted by atomic mass is 9.85. The highest BCUT2D eigenvalue weighted by Crippen LogP contribution is 2.40. The Morgan fingerprint density at radius 3 is 2.05 bits per heavy atom. The maximum Gasteiger partial charge on any atom is 0.160 e. The average molecular weight is 270 g/mol. The summed E-state index contributed by atoms with van der Waals surface area (Å²) in [5.74, 6) is 0.789. The molecule has 0 N–H and O–H groups in total. The lowest BCUT2D eigenvalue weighted by Gasteiger charge is -2.23. The van der Waals surface area contributed by atoms with Crippen LogP contribution in [0.4, 0.5) is 0 Å². The van der Waals surface area contributed by atoms with Crippen molar-refractivity contribution in [2.75, 3.05) is 0 Å². The third-order valence-electron chi connectivity index (χ3n) is 4.01. The molecule has 2 aliphatic rings. The second-order valence-corrected chi connectivity index (χ2v) is 6.57. The predicted octanol–water partition coefficient (Wildman–Crippen LogP) is 3.90. The fourth-order valence-corrected chi connectivity index (χ4v) is 3.16. The Hall–Kier alpha value is -0.120. The van der Waals surface area contributed by atoms with E-state index in [4.69, 9.17) is 14.2 Å². The maximum atomic E-state index is 5.89. The van der Waals surface area contributed by atoms with E-state index in [2.05, 4.69) is 27.7 Å². The van der Waals surface area contributed by atoms with Gasteiger partial charge in [0.2, 0.25) is 0 Å². The van der Waals surface area contributed by atoms with Crippen molar-refractivity contribution >= 4 is 0 Å². The molecular formula is C16H30O3. The van der Waals surface area contributed by atoms with Crippen LogP contribution in [0.15, 0.2) is 0 Å². The summed E-state index contributed by atoms with van der Waals surface area (Å²) in [6.45, 7) is 8.23. The number of ether oxygens (including phenoxy) is 3. The minimum absolute atomic E-state index is 0.112. The Morgan fingerprint density at radius 1 is 0.947 bits per heavy atom. The van der Waals surface area contributed by atoms with Crippen LogP contribution in [0.1, 0.15) is 66.2 Å². The highest BCUT2D eigenvalue weighted by atomic mass is 16.7. The second kappa shape index (κ2) is 7.05. The summed E-state index contributed by atoms with van der Waals surface area (Å²) in [6.07, 6.45) is 8.90. The molecule has 1 aliphatic carbocycles. The van der Waals surface area contributed by atoms with Gasteiger partial charge in [0.25, 0.3) is 0 Å². The molecule has 2 rings (SSSR count). The minimum atomic E-state index is -0.112. The third-order valence-corrected chi connectivity index (χ3v) is 4.01. The first-order valence-electron chi connectivity index (χ1n) is 8.02. The lowest BCUT2D eigenvalue weighted by molar-refractivity contribution is -0.185. The monoisotopic (exact) mass is 270 g/mol. The van der Waals surface area contributed by atoms with Crippen LogP contribution in [-0.4, -0.2) is 30.7 Å². The van der Waals surface area contributed by atoms with Crippen molar-refractivity contribution in [2.24, 2.45) is 5.92 Å². The van der Waals surface area contributed by atoms with Crippen molar-refractivity contribution in [3.63, 3.8) is 0 Å². The Kier molecular flexibility index (Phi) is 5.67. The predicted molar refractivity (Wildman–Crippen MR) is 76.1 cm³/mol. The Morgan fingerprint density at radius 2 is 1.53 bits per heavy atom. The van der Waals surface area contributed by atoms with Gasteiger partial charge in [-0.2, -0.15) is 0 Å². The lowest BCUT2D eigenvalue weighted by Crippen LogP contribution is -2.27. The number of epoxide rings is 1. The van der Waals surface area contributed by atoms with E-state index in [1.54, 1.807) is 0 Å². The standard InChI is InChI=1S/C16H30O3/c1-11(2)17-15(18-12(3)4)10-14-16(19-14)13-8-6-5-7-9-13/h11-16H,5-10H2,1-4H3. The van der Waals surface area contributed by atoms with Gasteiger partial charge in [0.15, 0.2) is 6.29 Å². The first kappa shape index (κ1) is 15.3. The molecule has 3 nitrogen and oxygen atoms in total. The molecule has 3 heteroatoms. The zero-order valence-corrected chi connectivity index (χ0v) is 12.9. The summed E-state index contributed by atoms with van der Waals surface area (Å²) in [6, 6.07) is 0. The van der Waals surface area contributed by atoms with Gasteiger partial charge in [-0.3, -0.25) is 0 Å². The second-order valence-electron chi connectivity index (χ2n) is 6.57. The highest BCUT2D eigenvalue weighted by molar-refractivity contribution is 4.92. The summed E-state index contributed by atoms with van der Waals surface area (Å²) in [5, 5.41) is 0. The Labute approximate surface area is 118 Å². The van der Waals surface area contributed by atoms with E-state index >= 15 is 0 Å². The van der Waals surface area contributed by atoms with E-state index in [1.807, 2.05) is 0 Å². The molecule has 0 aromatic carbocycles. The molecule has 1 saturated carbocycles. The summed E-state index contributed by atoms with van der Waals surface area (Å²) >= 11 is 0. The molecule has 0 aromatic heterocycles. The van der Waals surface area contributed by atoms with Crippen molar-refractivity contribution in [1.82, 2.24) is 0 Å². The van der Waals surface area contributed by atoms with Crippen molar-refractivity contribution in [2.45, 2.75) is 96.9 Å². The molecule has 2 fully saturated rings. The van der Waals surface area contributed by atoms with E-state index in [-0.39, 0.29) is 18.5 Å². The van der Waals surface area contributed by atoms with E-state index in [1.165, 1.54) is 32.1 Å². The molecule has 19 heavy (non-hydrogen) atoms. The number of rotatable bonds is 7. The van der Waals surface area contributed by atoms with Crippen LogP contribution in [0.5, 0.6) is 0 Å². The summed E-state index contributed by atoms with van der Waals surface area (Å²) < 4.78 is 17.6. The van der Waals surface area contributed by atoms with E-state index in [9.17, 15) is 0 Å². The van der Waals surface area contributed by atoms with Crippen LogP contribution < -0.4 is 0 Å². The van der Waals surface area contributed by atoms with Gasteiger partial charge in [-0.05, 0) is 46.5 Å². The van der Waals surface area contributed by atoms with Gasteiger partial charge in [-0.15, -0.1) is 0 Å². The molecule has 0 spiro atoms. The first-order chi connectivity index (χ1) is 9.06. The number of hydrogen-bond donors (Lipinski definition) is 0. The van der Waals surface area contributed by atoms with E-state index in [0.29, 0.717) is 12.2 Å². The van der Waals surface area contributed by atoms with Gasteiger partial charge >= 0.3 is 0 Å². The van der Waals surface area contributed by atoms with Crippen LogP contribution in [-0.2, 0) is 14.2 Å². The van der Waals surface area contributed by atoms with Crippen molar-refractivity contribution in [1.29, 1.82) is 0 Å². The molecule has 1 aliphatic heterocycles. The van der Waals surface area contributed by atoms with Gasteiger partial charge in [0.05, 0.1) is 24.4 Å². The highest BCUT2D eigenvalue weighted by Gasteiger charge is 2.46. The third kappa shape index (κ3) is 5.05. The fourth-order valence-electron chi connectivity index (χ4n) is 3.16. The molecule has 0 aromatic rings. The molecule has 2 atom stereocenters. The largest absolute Gasteiger partial charge is 0.369 e. The zero-order chi connectivity index (χ0) is 13.8. The zero-order valence-electron chi connectivity index (χ0n) is 12.9. The van der Waals surface area contributed by atoms with Gasteiger partial charge < -0.3 is 14.2 Å².